The summed E-state index contributed by atoms with van der Waals surface area (Å²) in [7, 11) is 0. The number of hydrogen-bond acceptors (Lipinski definition) is 3. The Kier molecular flexibility index (Phi) is 6.47. The lowest BCUT2D eigenvalue weighted by Crippen LogP contribution is -2.47. The molecule has 0 radical (unpaired) electrons. The molecule has 0 heterocycles. The Balaban J connectivity index is 2.35. The van der Waals surface area contributed by atoms with Gasteiger partial charge in [0.05, 0.1) is 11.6 Å². The van der Waals surface area contributed by atoms with Crippen LogP contribution in [0, 0.1) is 17.2 Å². The number of nitrogens with one attached hydrogen (secondary N) is 3. The molecule has 5 nitrogen and oxygen atoms in total. The number of carbonyl (C=O) groups is 1. The van der Waals surface area contributed by atoms with Crippen molar-refractivity contribution < 1.29 is 4.79 Å². The van der Waals surface area contributed by atoms with E-state index < -0.39 is 0 Å². The Morgan fingerprint density at radius 1 is 1.30 bits per heavy atom. The van der Waals surface area contributed by atoms with Crippen molar-refractivity contribution in [2.45, 2.75) is 20.3 Å². The van der Waals surface area contributed by atoms with E-state index in [1.807, 2.05) is 6.07 Å². The van der Waals surface area contributed by atoms with Crippen LogP contribution < -0.4 is 16.2 Å². The van der Waals surface area contributed by atoms with Gasteiger partial charge in [-0.05, 0) is 48.8 Å². The fourth-order valence-electron chi connectivity index (χ4n) is 1.40. The van der Waals surface area contributed by atoms with Gasteiger partial charge < -0.3 is 5.32 Å². The van der Waals surface area contributed by atoms with Crippen molar-refractivity contribution in [3.05, 3.63) is 35.4 Å². The second kappa shape index (κ2) is 8.12. The first-order valence-electron chi connectivity index (χ1n) is 6.37. The summed E-state index contributed by atoms with van der Waals surface area (Å²) in [5.41, 5.74) is 6.11. The summed E-state index contributed by atoms with van der Waals surface area (Å²) in [6.07, 6.45) is 1.01. The van der Waals surface area contributed by atoms with Crippen LogP contribution in [0.1, 0.15) is 36.2 Å². The van der Waals surface area contributed by atoms with Crippen LogP contribution in [-0.2, 0) is 0 Å². The maximum Gasteiger partial charge on any atom is 0.269 e. The minimum atomic E-state index is -0.303. The zero-order valence-electron chi connectivity index (χ0n) is 11.6. The van der Waals surface area contributed by atoms with Gasteiger partial charge in [0.15, 0.2) is 5.11 Å². The van der Waals surface area contributed by atoms with Crippen molar-refractivity contribution in [3.8, 4) is 6.07 Å². The van der Waals surface area contributed by atoms with Crippen molar-refractivity contribution in [2.24, 2.45) is 5.92 Å². The summed E-state index contributed by atoms with van der Waals surface area (Å²) in [6.45, 7) is 5.02. The van der Waals surface area contributed by atoms with Crippen molar-refractivity contribution >= 4 is 23.2 Å². The quantitative estimate of drug-likeness (QED) is 0.581. The highest BCUT2D eigenvalue weighted by atomic mass is 32.1. The molecule has 3 N–H and O–H groups in total. The lowest BCUT2D eigenvalue weighted by atomic mass is 10.1. The number of carbonyl (C=O) groups excluding carboxylic acids is 1. The van der Waals surface area contributed by atoms with E-state index in [1.165, 1.54) is 0 Å². The van der Waals surface area contributed by atoms with E-state index in [4.69, 9.17) is 17.5 Å². The molecule has 20 heavy (non-hydrogen) atoms. The molecule has 0 aliphatic carbocycles. The minimum Gasteiger partial charge on any atom is -0.361 e. The van der Waals surface area contributed by atoms with E-state index in [2.05, 4.69) is 30.0 Å². The van der Waals surface area contributed by atoms with E-state index in [0.29, 0.717) is 22.2 Å². The molecule has 106 valence electrons. The van der Waals surface area contributed by atoms with Crippen molar-refractivity contribution in [3.63, 3.8) is 0 Å². The molecule has 0 aliphatic heterocycles. The molecule has 0 aromatic heterocycles. The van der Waals surface area contributed by atoms with Gasteiger partial charge in [-0.25, -0.2) is 0 Å². The number of thiocarbonyl (C=S) groups is 1. The molecule has 0 unspecified atom stereocenters. The molecule has 0 atom stereocenters. The average Bonchev–Trinajstić information content (AvgIpc) is 2.44. The van der Waals surface area contributed by atoms with Gasteiger partial charge in [-0.2, -0.15) is 5.26 Å². The maximum atomic E-state index is 11.8. The van der Waals surface area contributed by atoms with Gasteiger partial charge in [-0.15, -0.1) is 0 Å². The summed E-state index contributed by atoms with van der Waals surface area (Å²) >= 11 is 5.03. The van der Waals surface area contributed by atoms with Gasteiger partial charge in [0.25, 0.3) is 5.91 Å². The Labute approximate surface area is 124 Å². The highest BCUT2D eigenvalue weighted by Gasteiger charge is 2.05. The van der Waals surface area contributed by atoms with Gasteiger partial charge in [0, 0.05) is 12.1 Å². The van der Waals surface area contributed by atoms with Gasteiger partial charge in [0.1, 0.15) is 0 Å². The van der Waals surface area contributed by atoms with Gasteiger partial charge in [-0.3, -0.25) is 15.6 Å². The molecule has 0 aliphatic rings. The third kappa shape index (κ3) is 5.67. The summed E-state index contributed by atoms with van der Waals surface area (Å²) in [5, 5.41) is 12.1. The van der Waals surface area contributed by atoms with Gasteiger partial charge in [-0.1, -0.05) is 13.8 Å². The van der Waals surface area contributed by atoms with Crippen LogP contribution in [0.15, 0.2) is 24.3 Å². The molecule has 0 spiro atoms. The van der Waals surface area contributed by atoms with E-state index in [9.17, 15) is 4.79 Å². The fourth-order valence-corrected chi connectivity index (χ4v) is 1.55. The number of hydrogen-bond donors (Lipinski definition) is 3. The van der Waals surface area contributed by atoms with Crippen LogP contribution in [0.4, 0.5) is 0 Å². The van der Waals surface area contributed by atoms with Crippen LogP contribution in [0.25, 0.3) is 0 Å². The molecule has 0 saturated carbocycles. The van der Waals surface area contributed by atoms with Gasteiger partial charge in [0.2, 0.25) is 0 Å². The predicted octanol–water partition coefficient (Wildman–Crippen LogP) is 1.71. The summed E-state index contributed by atoms with van der Waals surface area (Å²) in [5.74, 6) is 0.293. The topological polar surface area (TPSA) is 76.9 Å². The number of rotatable bonds is 4. The number of hydrazine groups is 1. The highest BCUT2D eigenvalue weighted by Crippen LogP contribution is 2.02. The molecule has 1 amide bonds. The first-order valence-corrected chi connectivity index (χ1v) is 6.78. The standard InChI is InChI=1S/C14H18N4OS/c1-10(2)7-8-16-14(20)18-17-13(19)12-5-3-11(9-15)4-6-12/h3-6,10H,7-8H2,1-2H3,(H,17,19)(H2,16,18,20). The van der Waals surface area contributed by atoms with Crippen molar-refractivity contribution in [1.82, 2.24) is 16.2 Å². The van der Waals surface area contributed by atoms with E-state index in [0.717, 1.165) is 13.0 Å². The first kappa shape index (κ1) is 15.9. The van der Waals surface area contributed by atoms with Crippen molar-refractivity contribution in [1.29, 1.82) is 5.26 Å². The lowest BCUT2D eigenvalue weighted by Gasteiger charge is -2.12. The number of nitriles is 1. The fraction of sp³-hybridized carbons (Fsp3) is 0.357. The Bertz CT molecular complexity index is 505. The number of amides is 1. The molecule has 1 rings (SSSR count). The smallest absolute Gasteiger partial charge is 0.269 e. The van der Waals surface area contributed by atoms with Crippen molar-refractivity contribution in [2.75, 3.05) is 6.54 Å². The molecule has 1 aromatic carbocycles. The average molecular weight is 290 g/mol. The molecular weight excluding hydrogens is 272 g/mol. The first-order chi connectivity index (χ1) is 9.52. The molecule has 6 heteroatoms. The zero-order valence-corrected chi connectivity index (χ0v) is 12.4. The highest BCUT2D eigenvalue weighted by molar-refractivity contribution is 7.80. The minimum absolute atomic E-state index is 0.303. The zero-order chi connectivity index (χ0) is 15.0. The van der Waals surface area contributed by atoms with Crippen LogP contribution >= 0.6 is 12.2 Å². The monoisotopic (exact) mass is 290 g/mol. The molecule has 0 fully saturated rings. The summed E-state index contributed by atoms with van der Waals surface area (Å²) in [6, 6.07) is 8.36. The van der Waals surface area contributed by atoms with Crippen LogP contribution in [0.5, 0.6) is 0 Å². The normalized spacial score (nSPS) is 9.70. The third-order valence-electron chi connectivity index (χ3n) is 2.57. The second-order valence-corrected chi connectivity index (χ2v) is 5.11. The molecule has 0 saturated heterocycles. The van der Waals surface area contributed by atoms with E-state index >= 15 is 0 Å². The number of nitrogens with zero attached hydrogens (tertiary/aromatic N) is 1. The second-order valence-electron chi connectivity index (χ2n) is 4.71. The van der Waals surface area contributed by atoms with E-state index in [-0.39, 0.29) is 5.91 Å². The third-order valence-corrected chi connectivity index (χ3v) is 2.82. The summed E-state index contributed by atoms with van der Waals surface area (Å²) < 4.78 is 0. The van der Waals surface area contributed by atoms with Crippen LogP contribution in [0.2, 0.25) is 0 Å². The molecule has 1 aromatic rings. The van der Waals surface area contributed by atoms with E-state index in [1.54, 1.807) is 24.3 Å². The van der Waals surface area contributed by atoms with Gasteiger partial charge >= 0.3 is 0 Å². The Hall–Kier alpha value is -2.13. The largest absolute Gasteiger partial charge is 0.361 e. The molecular formula is C14H18N4OS. The van der Waals surface area contributed by atoms with Crippen LogP contribution in [-0.4, -0.2) is 17.6 Å². The SMILES string of the molecule is CC(C)CCNC(=S)NNC(=O)c1ccc(C#N)cc1. The molecule has 0 bridgehead atoms. The maximum absolute atomic E-state index is 11.8. The Morgan fingerprint density at radius 2 is 1.95 bits per heavy atom. The number of benzene rings is 1. The Morgan fingerprint density at radius 3 is 2.50 bits per heavy atom. The lowest BCUT2D eigenvalue weighted by molar-refractivity contribution is 0.0943. The van der Waals surface area contributed by atoms with Crippen LogP contribution in [0.3, 0.4) is 0 Å². The predicted molar refractivity (Wildman–Crippen MR) is 81.8 cm³/mol. The summed E-state index contributed by atoms with van der Waals surface area (Å²) in [4.78, 5) is 11.8.